The van der Waals surface area contributed by atoms with E-state index >= 15 is 0 Å². The van der Waals surface area contributed by atoms with Crippen LogP contribution in [0.4, 0.5) is 5.69 Å². The average Bonchev–Trinajstić information content (AvgIpc) is 2.96. The number of hydrogen-bond donors (Lipinski definition) is 3. The molecule has 0 atom stereocenters. The van der Waals surface area contributed by atoms with Crippen LogP contribution in [0.25, 0.3) is 10.4 Å². The summed E-state index contributed by atoms with van der Waals surface area (Å²) < 4.78 is 0. The molecule has 0 radical (unpaired) electrons. The van der Waals surface area contributed by atoms with Crippen molar-refractivity contribution in [3.05, 3.63) is 41.3 Å². The van der Waals surface area contributed by atoms with Crippen LogP contribution in [0.3, 0.4) is 0 Å². The molecule has 0 saturated carbocycles. The number of anilines is 1. The Morgan fingerprint density at radius 3 is 2.40 bits per heavy atom. The van der Waals surface area contributed by atoms with Gasteiger partial charge in [0.2, 0.25) is 0 Å². The molecule has 1 aromatic carbocycles. The molecule has 0 bridgehead atoms. The maximum Gasteiger partial charge on any atom is 0.0606 e. The van der Waals surface area contributed by atoms with Gasteiger partial charge in [0.25, 0.3) is 0 Å². The lowest BCUT2D eigenvalue weighted by Gasteiger charge is -2.25. The molecule has 108 valence electrons. The number of rotatable bonds is 7. The van der Waals surface area contributed by atoms with Crippen LogP contribution in [-0.2, 0) is 6.54 Å². The molecule has 5 heteroatoms. The van der Waals surface area contributed by atoms with Crippen LogP contribution in [0.15, 0.2) is 35.7 Å². The molecule has 2 aromatic rings. The number of nitrogens with two attached hydrogens (primary N) is 1. The SMILES string of the molecule is NCc1csc(-c2ccccc2N(CCO)CCO)c1. The highest BCUT2D eigenvalue weighted by Crippen LogP contribution is 2.34. The summed E-state index contributed by atoms with van der Waals surface area (Å²) in [5.74, 6) is 0. The lowest BCUT2D eigenvalue weighted by atomic mass is 10.1. The van der Waals surface area contributed by atoms with Crippen LogP contribution in [0.1, 0.15) is 5.56 Å². The van der Waals surface area contributed by atoms with E-state index in [1.54, 1.807) is 11.3 Å². The Labute approximate surface area is 123 Å². The fourth-order valence-electron chi connectivity index (χ4n) is 2.18. The second-order valence-corrected chi connectivity index (χ2v) is 5.39. The number of benzene rings is 1. The molecule has 1 aromatic heterocycles. The van der Waals surface area contributed by atoms with Crippen molar-refractivity contribution in [2.45, 2.75) is 6.54 Å². The molecule has 1 heterocycles. The quantitative estimate of drug-likeness (QED) is 0.726. The highest BCUT2D eigenvalue weighted by Gasteiger charge is 2.13. The van der Waals surface area contributed by atoms with Crippen molar-refractivity contribution in [3.63, 3.8) is 0 Å². The van der Waals surface area contributed by atoms with Gasteiger partial charge in [0.05, 0.1) is 13.2 Å². The molecule has 4 nitrogen and oxygen atoms in total. The molecule has 0 spiro atoms. The third-order valence-corrected chi connectivity index (χ3v) is 4.15. The van der Waals surface area contributed by atoms with Gasteiger partial charge in [-0.3, -0.25) is 0 Å². The van der Waals surface area contributed by atoms with E-state index in [1.165, 1.54) is 0 Å². The summed E-state index contributed by atoms with van der Waals surface area (Å²) in [5.41, 5.74) is 8.92. The predicted octanol–water partition coefficient (Wildman–Crippen LogP) is 1.66. The van der Waals surface area contributed by atoms with Gasteiger partial charge in [-0.15, -0.1) is 11.3 Å². The summed E-state index contributed by atoms with van der Waals surface area (Å²) in [5, 5.41) is 20.4. The van der Waals surface area contributed by atoms with Crippen molar-refractivity contribution >= 4 is 17.0 Å². The molecule has 0 aliphatic heterocycles. The minimum absolute atomic E-state index is 0.0623. The van der Waals surface area contributed by atoms with Gasteiger partial charge in [0.15, 0.2) is 0 Å². The van der Waals surface area contributed by atoms with Gasteiger partial charge in [-0.1, -0.05) is 18.2 Å². The Hall–Kier alpha value is -1.40. The zero-order chi connectivity index (χ0) is 14.4. The molecule has 4 N–H and O–H groups in total. The zero-order valence-corrected chi connectivity index (χ0v) is 12.1. The summed E-state index contributed by atoms with van der Waals surface area (Å²) in [4.78, 5) is 3.15. The van der Waals surface area contributed by atoms with Crippen molar-refractivity contribution < 1.29 is 10.2 Å². The Morgan fingerprint density at radius 2 is 1.80 bits per heavy atom. The standard InChI is InChI=1S/C15H20N2O2S/c16-10-12-9-15(20-11-12)13-3-1-2-4-14(13)17(5-7-18)6-8-19/h1-4,9,11,18-19H,5-8,10,16H2. The van der Waals surface area contributed by atoms with E-state index in [9.17, 15) is 10.2 Å². The van der Waals surface area contributed by atoms with Gasteiger partial charge in [0, 0.05) is 35.8 Å². The minimum Gasteiger partial charge on any atom is -0.395 e. The molecule has 0 amide bonds. The van der Waals surface area contributed by atoms with E-state index in [-0.39, 0.29) is 13.2 Å². The van der Waals surface area contributed by atoms with Gasteiger partial charge < -0.3 is 20.8 Å². The summed E-state index contributed by atoms with van der Waals surface area (Å²) in [7, 11) is 0. The maximum atomic E-state index is 9.19. The van der Waals surface area contributed by atoms with E-state index in [2.05, 4.69) is 17.5 Å². The molecule has 0 aliphatic rings. The second-order valence-electron chi connectivity index (χ2n) is 4.47. The zero-order valence-electron chi connectivity index (χ0n) is 11.3. The lowest BCUT2D eigenvalue weighted by Crippen LogP contribution is -2.30. The molecule has 0 aliphatic carbocycles. The fraction of sp³-hybridized carbons (Fsp3) is 0.333. The summed E-state index contributed by atoms with van der Waals surface area (Å²) in [6, 6.07) is 10.1. The van der Waals surface area contributed by atoms with Crippen LogP contribution < -0.4 is 10.6 Å². The first-order chi connectivity index (χ1) is 9.80. The van der Waals surface area contributed by atoms with E-state index in [0.29, 0.717) is 19.6 Å². The molecule has 0 unspecified atom stereocenters. The molecule has 0 fully saturated rings. The first-order valence-electron chi connectivity index (χ1n) is 6.63. The third-order valence-electron chi connectivity index (χ3n) is 3.14. The van der Waals surface area contributed by atoms with Gasteiger partial charge in [0.1, 0.15) is 0 Å². The van der Waals surface area contributed by atoms with E-state index in [1.807, 2.05) is 23.1 Å². The van der Waals surface area contributed by atoms with Crippen LogP contribution in [-0.4, -0.2) is 36.5 Å². The number of hydrogen-bond acceptors (Lipinski definition) is 5. The largest absolute Gasteiger partial charge is 0.395 e. The normalized spacial score (nSPS) is 10.8. The van der Waals surface area contributed by atoms with Crippen LogP contribution >= 0.6 is 11.3 Å². The lowest BCUT2D eigenvalue weighted by molar-refractivity contribution is 0.281. The summed E-state index contributed by atoms with van der Waals surface area (Å²) in [6.45, 7) is 1.68. The smallest absolute Gasteiger partial charge is 0.0606 e. The van der Waals surface area contributed by atoms with Gasteiger partial charge >= 0.3 is 0 Å². The summed E-state index contributed by atoms with van der Waals surface area (Å²) >= 11 is 1.66. The number of nitrogens with zero attached hydrogens (tertiary/aromatic N) is 1. The topological polar surface area (TPSA) is 69.7 Å². The Kier molecular flexibility index (Phi) is 5.55. The number of aliphatic hydroxyl groups excluding tert-OH is 2. The number of thiophene rings is 1. The van der Waals surface area contributed by atoms with Gasteiger partial charge in [-0.25, -0.2) is 0 Å². The van der Waals surface area contributed by atoms with Crippen LogP contribution in [0.2, 0.25) is 0 Å². The molecule has 0 saturated heterocycles. The van der Waals surface area contributed by atoms with Gasteiger partial charge in [-0.05, 0) is 23.1 Å². The molecule has 20 heavy (non-hydrogen) atoms. The predicted molar refractivity (Wildman–Crippen MR) is 84.0 cm³/mol. The Morgan fingerprint density at radius 1 is 1.10 bits per heavy atom. The average molecular weight is 292 g/mol. The van der Waals surface area contributed by atoms with E-state index < -0.39 is 0 Å². The van der Waals surface area contributed by atoms with Crippen molar-refractivity contribution in [1.82, 2.24) is 0 Å². The molecular weight excluding hydrogens is 272 g/mol. The Bertz CT molecular complexity index is 536. The third kappa shape index (κ3) is 3.37. The second kappa shape index (κ2) is 7.40. The monoisotopic (exact) mass is 292 g/mol. The number of aliphatic hydroxyl groups is 2. The minimum atomic E-state index is 0.0623. The van der Waals surface area contributed by atoms with E-state index in [0.717, 1.165) is 21.7 Å². The van der Waals surface area contributed by atoms with Gasteiger partial charge in [-0.2, -0.15) is 0 Å². The van der Waals surface area contributed by atoms with E-state index in [4.69, 9.17) is 5.73 Å². The van der Waals surface area contributed by atoms with Crippen molar-refractivity contribution in [1.29, 1.82) is 0 Å². The molecule has 2 rings (SSSR count). The van der Waals surface area contributed by atoms with Crippen molar-refractivity contribution in [2.75, 3.05) is 31.2 Å². The molecular formula is C15H20N2O2S. The Balaban J connectivity index is 2.37. The van der Waals surface area contributed by atoms with Crippen LogP contribution in [0.5, 0.6) is 0 Å². The maximum absolute atomic E-state index is 9.19. The fourth-order valence-corrected chi connectivity index (χ4v) is 3.14. The highest BCUT2D eigenvalue weighted by molar-refractivity contribution is 7.13. The van der Waals surface area contributed by atoms with Crippen molar-refractivity contribution in [2.24, 2.45) is 5.73 Å². The van der Waals surface area contributed by atoms with Crippen molar-refractivity contribution in [3.8, 4) is 10.4 Å². The first-order valence-corrected chi connectivity index (χ1v) is 7.51. The summed E-state index contributed by atoms with van der Waals surface area (Å²) in [6.07, 6.45) is 0. The first kappa shape index (κ1) is 15.0. The van der Waals surface area contributed by atoms with Crippen LogP contribution in [0, 0.1) is 0 Å². The number of para-hydroxylation sites is 1. The highest BCUT2D eigenvalue weighted by atomic mass is 32.1.